The standard InChI is InChI=1S/C9H16N4OS/c1-3-8-12-7(10)6-9(13-8)11-4-5-15(2)14/h6H,3-5H2,1-2H3,(H3,10,11,12,13). The highest BCUT2D eigenvalue weighted by Crippen LogP contribution is 2.08. The fourth-order valence-electron chi connectivity index (χ4n) is 1.09. The Labute approximate surface area is 92.0 Å². The fraction of sp³-hybridized carbons (Fsp3) is 0.556. The Kier molecular flexibility index (Phi) is 4.48. The van der Waals surface area contributed by atoms with Crippen LogP contribution in [0, 0.1) is 0 Å². The molecule has 1 aromatic heterocycles. The second kappa shape index (κ2) is 5.65. The van der Waals surface area contributed by atoms with E-state index in [1.165, 1.54) is 0 Å². The summed E-state index contributed by atoms with van der Waals surface area (Å²) >= 11 is 0. The molecule has 1 heterocycles. The first-order chi connectivity index (χ1) is 7.11. The predicted octanol–water partition coefficient (Wildman–Crippen LogP) is 0.412. The summed E-state index contributed by atoms with van der Waals surface area (Å²) in [7, 11) is -0.789. The van der Waals surface area contributed by atoms with Crippen molar-refractivity contribution in [2.45, 2.75) is 13.3 Å². The molecular weight excluding hydrogens is 212 g/mol. The normalized spacial score (nSPS) is 12.4. The minimum atomic E-state index is -0.789. The SMILES string of the molecule is CCc1nc(N)cc(NCCS(C)=O)n1. The number of anilines is 2. The van der Waals surface area contributed by atoms with E-state index in [1.54, 1.807) is 12.3 Å². The number of nitrogens with zero attached hydrogens (tertiary/aromatic N) is 2. The van der Waals surface area contributed by atoms with Gasteiger partial charge >= 0.3 is 0 Å². The first-order valence-electron chi connectivity index (χ1n) is 4.79. The second-order valence-electron chi connectivity index (χ2n) is 3.15. The molecule has 0 radical (unpaired) electrons. The maximum atomic E-state index is 10.8. The van der Waals surface area contributed by atoms with Gasteiger partial charge in [-0.15, -0.1) is 0 Å². The van der Waals surface area contributed by atoms with Gasteiger partial charge in [0.05, 0.1) is 0 Å². The second-order valence-corrected chi connectivity index (χ2v) is 4.71. The van der Waals surface area contributed by atoms with Crippen LogP contribution in [0.5, 0.6) is 0 Å². The van der Waals surface area contributed by atoms with Crippen LogP contribution in [-0.4, -0.2) is 32.7 Å². The number of nitrogen functional groups attached to an aromatic ring is 1. The molecule has 0 saturated carbocycles. The summed E-state index contributed by atoms with van der Waals surface area (Å²) < 4.78 is 10.8. The van der Waals surface area contributed by atoms with Crippen LogP contribution in [0.15, 0.2) is 6.07 Å². The number of hydrogen-bond donors (Lipinski definition) is 2. The van der Waals surface area contributed by atoms with E-state index in [9.17, 15) is 4.21 Å². The molecule has 0 spiro atoms. The summed E-state index contributed by atoms with van der Waals surface area (Å²) in [6.07, 6.45) is 2.42. The molecule has 0 bridgehead atoms. The van der Waals surface area contributed by atoms with E-state index in [1.807, 2.05) is 6.92 Å². The zero-order valence-corrected chi connectivity index (χ0v) is 9.80. The lowest BCUT2D eigenvalue weighted by Gasteiger charge is -2.06. The zero-order chi connectivity index (χ0) is 11.3. The molecule has 84 valence electrons. The molecule has 0 saturated heterocycles. The number of aryl methyl sites for hydroxylation is 1. The predicted molar refractivity (Wildman–Crippen MR) is 63.2 cm³/mol. The van der Waals surface area contributed by atoms with Crippen molar-refractivity contribution in [3.63, 3.8) is 0 Å². The van der Waals surface area contributed by atoms with Gasteiger partial charge in [0.25, 0.3) is 0 Å². The highest BCUT2D eigenvalue weighted by atomic mass is 32.2. The van der Waals surface area contributed by atoms with E-state index >= 15 is 0 Å². The third-order valence-electron chi connectivity index (χ3n) is 1.80. The molecular formula is C9H16N4OS. The van der Waals surface area contributed by atoms with Gasteiger partial charge in [0.15, 0.2) is 0 Å². The van der Waals surface area contributed by atoms with Gasteiger partial charge in [-0.1, -0.05) is 6.92 Å². The van der Waals surface area contributed by atoms with E-state index in [0.717, 1.165) is 12.2 Å². The van der Waals surface area contributed by atoms with Crippen LogP contribution in [0.25, 0.3) is 0 Å². The van der Waals surface area contributed by atoms with Gasteiger partial charge in [0, 0.05) is 41.8 Å². The average Bonchev–Trinajstić information content (AvgIpc) is 2.16. The van der Waals surface area contributed by atoms with Crippen LogP contribution < -0.4 is 11.1 Å². The first-order valence-corrected chi connectivity index (χ1v) is 6.52. The van der Waals surface area contributed by atoms with Gasteiger partial charge in [-0.05, 0) is 0 Å². The van der Waals surface area contributed by atoms with Crippen LogP contribution >= 0.6 is 0 Å². The molecule has 0 aliphatic heterocycles. The van der Waals surface area contributed by atoms with E-state index in [0.29, 0.717) is 23.9 Å². The van der Waals surface area contributed by atoms with Crippen molar-refractivity contribution < 1.29 is 4.21 Å². The Hall–Kier alpha value is -1.17. The van der Waals surface area contributed by atoms with Crippen molar-refractivity contribution in [3.8, 4) is 0 Å². The lowest BCUT2D eigenvalue weighted by molar-refractivity contribution is 0.687. The van der Waals surface area contributed by atoms with Gasteiger partial charge in [0.1, 0.15) is 17.5 Å². The van der Waals surface area contributed by atoms with Gasteiger partial charge in [-0.3, -0.25) is 4.21 Å². The molecule has 1 rings (SSSR count). The summed E-state index contributed by atoms with van der Waals surface area (Å²) in [4.78, 5) is 8.31. The Morgan fingerprint density at radius 2 is 2.27 bits per heavy atom. The Morgan fingerprint density at radius 3 is 2.87 bits per heavy atom. The van der Waals surface area contributed by atoms with Crippen molar-refractivity contribution >= 4 is 22.4 Å². The number of nitrogens with one attached hydrogen (secondary N) is 1. The number of rotatable bonds is 5. The van der Waals surface area contributed by atoms with Crippen LogP contribution in [0.2, 0.25) is 0 Å². The van der Waals surface area contributed by atoms with Gasteiger partial charge < -0.3 is 11.1 Å². The Morgan fingerprint density at radius 1 is 1.53 bits per heavy atom. The summed E-state index contributed by atoms with van der Waals surface area (Å²) in [5.74, 6) is 2.48. The van der Waals surface area contributed by atoms with E-state index in [4.69, 9.17) is 5.73 Å². The van der Waals surface area contributed by atoms with Crippen molar-refractivity contribution in [1.82, 2.24) is 9.97 Å². The first kappa shape index (κ1) is 11.9. The molecule has 3 N–H and O–H groups in total. The molecule has 1 unspecified atom stereocenters. The van der Waals surface area contributed by atoms with Crippen LogP contribution in [0.1, 0.15) is 12.7 Å². The minimum absolute atomic E-state index is 0.460. The van der Waals surface area contributed by atoms with Crippen molar-refractivity contribution in [3.05, 3.63) is 11.9 Å². The number of hydrogen-bond acceptors (Lipinski definition) is 5. The van der Waals surface area contributed by atoms with Gasteiger partial charge in [-0.2, -0.15) is 0 Å². The molecule has 15 heavy (non-hydrogen) atoms. The zero-order valence-electron chi connectivity index (χ0n) is 8.99. The maximum Gasteiger partial charge on any atom is 0.132 e. The Bertz CT molecular complexity index is 356. The lowest BCUT2D eigenvalue weighted by atomic mass is 10.4. The molecule has 0 amide bonds. The van der Waals surface area contributed by atoms with E-state index in [-0.39, 0.29) is 0 Å². The van der Waals surface area contributed by atoms with Crippen LogP contribution in [-0.2, 0) is 17.2 Å². The lowest BCUT2D eigenvalue weighted by Crippen LogP contribution is -2.12. The molecule has 5 nitrogen and oxygen atoms in total. The summed E-state index contributed by atoms with van der Waals surface area (Å²) in [6.45, 7) is 2.60. The third-order valence-corrected chi connectivity index (χ3v) is 2.58. The smallest absolute Gasteiger partial charge is 0.132 e. The monoisotopic (exact) mass is 228 g/mol. The molecule has 0 aromatic carbocycles. The molecule has 0 aliphatic carbocycles. The summed E-state index contributed by atoms with van der Waals surface area (Å²) in [5, 5.41) is 3.07. The van der Waals surface area contributed by atoms with Crippen LogP contribution in [0.4, 0.5) is 11.6 Å². The van der Waals surface area contributed by atoms with E-state index in [2.05, 4.69) is 15.3 Å². The molecule has 6 heteroatoms. The molecule has 0 aliphatic rings. The topological polar surface area (TPSA) is 80.9 Å². The number of nitrogens with two attached hydrogens (primary N) is 1. The maximum absolute atomic E-state index is 10.8. The fourth-order valence-corrected chi connectivity index (χ4v) is 1.48. The quantitative estimate of drug-likeness (QED) is 0.763. The van der Waals surface area contributed by atoms with Gasteiger partial charge in [0.2, 0.25) is 0 Å². The summed E-state index contributed by atoms with van der Waals surface area (Å²) in [5.41, 5.74) is 5.62. The largest absolute Gasteiger partial charge is 0.384 e. The van der Waals surface area contributed by atoms with Crippen molar-refractivity contribution in [1.29, 1.82) is 0 Å². The van der Waals surface area contributed by atoms with Crippen molar-refractivity contribution in [2.24, 2.45) is 0 Å². The van der Waals surface area contributed by atoms with Crippen LogP contribution in [0.3, 0.4) is 0 Å². The minimum Gasteiger partial charge on any atom is -0.384 e. The van der Waals surface area contributed by atoms with Crippen molar-refractivity contribution in [2.75, 3.05) is 29.6 Å². The van der Waals surface area contributed by atoms with E-state index < -0.39 is 10.8 Å². The molecule has 0 fully saturated rings. The highest BCUT2D eigenvalue weighted by Gasteiger charge is 2.00. The molecule has 1 aromatic rings. The number of aromatic nitrogens is 2. The Balaban J connectivity index is 2.60. The average molecular weight is 228 g/mol. The highest BCUT2D eigenvalue weighted by molar-refractivity contribution is 7.84. The summed E-state index contributed by atoms with van der Waals surface area (Å²) in [6, 6.07) is 1.68. The third kappa shape index (κ3) is 4.24. The van der Waals surface area contributed by atoms with Gasteiger partial charge in [-0.25, -0.2) is 9.97 Å². The molecule has 1 atom stereocenters.